The molecule has 0 aliphatic heterocycles. The van der Waals surface area contributed by atoms with Crippen LogP contribution in [0.25, 0.3) is 0 Å². The van der Waals surface area contributed by atoms with Gasteiger partial charge in [0.1, 0.15) is 0 Å². The standard InChI is InChI=1S/C19H29NO4/c1-3-4-11-24-16-8-6-15(7-9-16)20-19(22)13-14-5-10-17(21)18(12-14)23-2/h5,10,12,15-16,21H,3-4,6-9,11,13H2,1-2H3,(H,20,22). The molecule has 1 amide bonds. The summed E-state index contributed by atoms with van der Waals surface area (Å²) >= 11 is 0. The molecule has 1 aliphatic rings. The van der Waals surface area contributed by atoms with Gasteiger partial charge in [-0.2, -0.15) is 0 Å². The molecule has 0 spiro atoms. The Morgan fingerprint density at radius 1 is 1.29 bits per heavy atom. The molecular weight excluding hydrogens is 306 g/mol. The number of ether oxygens (including phenoxy) is 2. The molecule has 134 valence electrons. The first-order valence-electron chi connectivity index (χ1n) is 8.89. The molecule has 2 rings (SSSR count). The normalized spacial score (nSPS) is 20.6. The first-order valence-corrected chi connectivity index (χ1v) is 8.89. The quantitative estimate of drug-likeness (QED) is 0.716. The second-order valence-electron chi connectivity index (χ2n) is 6.45. The molecule has 1 saturated carbocycles. The smallest absolute Gasteiger partial charge is 0.224 e. The van der Waals surface area contributed by atoms with Crippen LogP contribution in [0.5, 0.6) is 11.5 Å². The van der Waals surface area contributed by atoms with Crippen molar-refractivity contribution in [2.75, 3.05) is 13.7 Å². The summed E-state index contributed by atoms with van der Waals surface area (Å²) < 4.78 is 10.9. The van der Waals surface area contributed by atoms with Gasteiger partial charge < -0.3 is 19.9 Å². The number of carbonyl (C=O) groups is 1. The minimum atomic E-state index is 0.0121. The van der Waals surface area contributed by atoms with Crippen LogP contribution >= 0.6 is 0 Å². The highest BCUT2D eigenvalue weighted by Crippen LogP contribution is 2.26. The van der Waals surface area contributed by atoms with Crippen LogP contribution < -0.4 is 10.1 Å². The van der Waals surface area contributed by atoms with Crippen molar-refractivity contribution >= 4 is 5.91 Å². The first-order chi connectivity index (χ1) is 11.6. The average molecular weight is 335 g/mol. The summed E-state index contributed by atoms with van der Waals surface area (Å²) in [5.41, 5.74) is 0.832. The number of carbonyl (C=O) groups excluding carboxylic acids is 1. The van der Waals surface area contributed by atoms with Crippen LogP contribution in [0.1, 0.15) is 51.0 Å². The molecule has 0 aromatic heterocycles. The van der Waals surface area contributed by atoms with E-state index in [1.54, 1.807) is 18.2 Å². The zero-order chi connectivity index (χ0) is 17.4. The number of aromatic hydroxyl groups is 1. The van der Waals surface area contributed by atoms with Gasteiger partial charge in [0, 0.05) is 12.6 Å². The van der Waals surface area contributed by atoms with E-state index in [0.29, 0.717) is 18.3 Å². The van der Waals surface area contributed by atoms with E-state index in [9.17, 15) is 9.90 Å². The highest BCUT2D eigenvalue weighted by Gasteiger charge is 2.22. The summed E-state index contributed by atoms with van der Waals surface area (Å²) in [4.78, 5) is 12.2. The Balaban J connectivity index is 1.73. The van der Waals surface area contributed by atoms with Crippen molar-refractivity contribution in [1.82, 2.24) is 5.32 Å². The number of methoxy groups -OCH3 is 1. The van der Waals surface area contributed by atoms with Gasteiger partial charge in [0.15, 0.2) is 11.5 Å². The maximum absolute atomic E-state index is 12.2. The van der Waals surface area contributed by atoms with Gasteiger partial charge in [-0.15, -0.1) is 0 Å². The molecule has 1 aromatic carbocycles. The number of phenols is 1. The fourth-order valence-electron chi connectivity index (χ4n) is 3.06. The number of unbranched alkanes of at least 4 members (excludes halogenated alkanes) is 1. The van der Waals surface area contributed by atoms with Crippen molar-refractivity contribution in [3.63, 3.8) is 0 Å². The van der Waals surface area contributed by atoms with Crippen LogP contribution in [0, 0.1) is 0 Å². The molecule has 2 N–H and O–H groups in total. The van der Waals surface area contributed by atoms with E-state index in [1.807, 2.05) is 0 Å². The van der Waals surface area contributed by atoms with Crippen LogP contribution in [0.15, 0.2) is 18.2 Å². The summed E-state index contributed by atoms with van der Waals surface area (Å²) in [5.74, 6) is 0.492. The molecule has 5 heteroatoms. The van der Waals surface area contributed by atoms with E-state index in [-0.39, 0.29) is 17.7 Å². The minimum Gasteiger partial charge on any atom is -0.504 e. The third-order valence-corrected chi connectivity index (χ3v) is 4.50. The molecular formula is C19H29NO4. The third-order valence-electron chi connectivity index (χ3n) is 4.50. The van der Waals surface area contributed by atoms with E-state index < -0.39 is 0 Å². The number of benzene rings is 1. The predicted octanol–water partition coefficient (Wildman–Crippen LogP) is 3.19. The molecule has 0 bridgehead atoms. The number of hydrogen-bond donors (Lipinski definition) is 2. The van der Waals surface area contributed by atoms with Gasteiger partial charge in [0.25, 0.3) is 0 Å². The maximum Gasteiger partial charge on any atom is 0.224 e. The van der Waals surface area contributed by atoms with Gasteiger partial charge in [-0.25, -0.2) is 0 Å². The molecule has 0 radical (unpaired) electrons. The van der Waals surface area contributed by atoms with Crippen molar-refractivity contribution in [3.05, 3.63) is 23.8 Å². The highest BCUT2D eigenvalue weighted by molar-refractivity contribution is 5.79. The second kappa shape index (κ2) is 9.52. The number of amides is 1. The van der Waals surface area contributed by atoms with Crippen molar-refractivity contribution in [1.29, 1.82) is 0 Å². The van der Waals surface area contributed by atoms with Gasteiger partial charge in [-0.3, -0.25) is 4.79 Å². The van der Waals surface area contributed by atoms with Gasteiger partial charge in [-0.1, -0.05) is 19.4 Å². The van der Waals surface area contributed by atoms with Crippen LogP contribution in [0.4, 0.5) is 0 Å². The fraction of sp³-hybridized carbons (Fsp3) is 0.632. The first kappa shape index (κ1) is 18.6. The van der Waals surface area contributed by atoms with E-state index in [0.717, 1.165) is 50.7 Å². The Bertz CT molecular complexity index is 524. The van der Waals surface area contributed by atoms with Crippen LogP contribution in [-0.2, 0) is 16.0 Å². The minimum absolute atomic E-state index is 0.0121. The topological polar surface area (TPSA) is 67.8 Å². The molecule has 5 nitrogen and oxygen atoms in total. The maximum atomic E-state index is 12.2. The Morgan fingerprint density at radius 3 is 2.71 bits per heavy atom. The van der Waals surface area contributed by atoms with Gasteiger partial charge in [-0.05, 0) is 49.8 Å². The zero-order valence-electron chi connectivity index (χ0n) is 14.7. The lowest BCUT2D eigenvalue weighted by atomic mass is 9.92. The van der Waals surface area contributed by atoms with Crippen molar-refractivity contribution < 1.29 is 19.4 Å². The highest BCUT2D eigenvalue weighted by atomic mass is 16.5. The SMILES string of the molecule is CCCCOC1CCC(NC(=O)Cc2ccc(O)c(OC)c2)CC1. The van der Waals surface area contributed by atoms with E-state index in [4.69, 9.17) is 9.47 Å². The zero-order valence-corrected chi connectivity index (χ0v) is 14.7. The van der Waals surface area contributed by atoms with E-state index >= 15 is 0 Å². The molecule has 0 heterocycles. The van der Waals surface area contributed by atoms with Crippen LogP contribution in [0.2, 0.25) is 0 Å². The lowest BCUT2D eigenvalue weighted by Crippen LogP contribution is -2.39. The summed E-state index contributed by atoms with van der Waals surface area (Å²) in [7, 11) is 1.50. The predicted molar refractivity (Wildman–Crippen MR) is 93.4 cm³/mol. The van der Waals surface area contributed by atoms with Gasteiger partial charge >= 0.3 is 0 Å². The average Bonchev–Trinajstić information content (AvgIpc) is 2.58. The summed E-state index contributed by atoms with van der Waals surface area (Å²) in [6, 6.07) is 5.24. The summed E-state index contributed by atoms with van der Waals surface area (Å²) in [6.45, 7) is 3.01. The Morgan fingerprint density at radius 2 is 2.04 bits per heavy atom. The molecule has 0 unspecified atom stereocenters. The number of hydrogen-bond acceptors (Lipinski definition) is 4. The molecule has 1 fully saturated rings. The van der Waals surface area contributed by atoms with Crippen molar-refractivity contribution in [3.8, 4) is 11.5 Å². The van der Waals surface area contributed by atoms with E-state index in [2.05, 4.69) is 12.2 Å². The lowest BCUT2D eigenvalue weighted by Gasteiger charge is -2.29. The molecule has 24 heavy (non-hydrogen) atoms. The summed E-state index contributed by atoms with van der Waals surface area (Å²) in [6.07, 6.45) is 6.90. The molecule has 0 saturated heterocycles. The summed E-state index contributed by atoms with van der Waals surface area (Å²) in [5, 5.41) is 12.7. The number of rotatable bonds is 8. The van der Waals surface area contributed by atoms with Gasteiger partial charge in [0.2, 0.25) is 5.91 Å². The third kappa shape index (κ3) is 5.71. The van der Waals surface area contributed by atoms with E-state index in [1.165, 1.54) is 7.11 Å². The number of nitrogens with one attached hydrogen (secondary N) is 1. The van der Waals surface area contributed by atoms with Crippen LogP contribution in [0.3, 0.4) is 0 Å². The largest absolute Gasteiger partial charge is 0.504 e. The molecule has 1 aromatic rings. The fourth-order valence-corrected chi connectivity index (χ4v) is 3.06. The Labute approximate surface area is 144 Å². The molecule has 1 aliphatic carbocycles. The van der Waals surface area contributed by atoms with Crippen molar-refractivity contribution in [2.24, 2.45) is 0 Å². The molecule has 0 atom stereocenters. The second-order valence-corrected chi connectivity index (χ2v) is 6.45. The van der Waals surface area contributed by atoms with Gasteiger partial charge in [0.05, 0.1) is 19.6 Å². The lowest BCUT2D eigenvalue weighted by molar-refractivity contribution is -0.121. The Hall–Kier alpha value is -1.75. The monoisotopic (exact) mass is 335 g/mol. The Kier molecular flexibility index (Phi) is 7.37. The number of phenolic OH excluding ortho intramolecular Hbond substituents is 1. The van der Waals surface area contributed by atoms with Crippen molar-refractivity contribution in [2.45, 2.75) is 64.0 Å². The van der Waals surface area contributed by atoms with Crippen LogP contribution in [-0.4, -0.2) is 36.9 Å².